The summed E-state index contributed by atoms with van der Waals surface area (Å²) >= 11 is 0. The zero-order chi connectivity index (χ0) is 60.1. The first kappa shape index (κ1) is 61.7. The van der Waals surface area contributed by atoms with Crippen LogP contribution in [0.1, 0.15) is 66.0 Å². The van der Waals surface area contributed by atoms with Crippen molar-refractivity contribution >= 4 is 33.8 Å². The SMILES string of the molecule is Cc1ccc(C)c(-c2c[n+](CC(=O)c3ccccc3)ccn2)c1.FC(F)(F)c1cc([B-](c2cc(C(F)(F)F)cc(C(F)(F)F)c2)(c2cc(C(F)(F)F)cc(C(F)(F)F)c2)c2cc(C(F)(F)F)cc(C(F)(F)F)c2)cc(C(F)(F)F)c1. The van der Waals surface area contributed by atoms with Crippen LogP contribution in [0.3, 0.4) is 0 Å². The molecule has 0 amide bonds. The molecule has 426 valence electrons. The maximum atomic E-state index is 14.2. The Kier molecular flexibility index (Phi) is 16.6. The minimum Gasteiger partial charge on any atom is -0.287 e. The summed E-state index contributed by atoms with van der Waals surface area (Å²) in [6.45, 7) is 4.45. The van der Waals surface area contributed by atoms with E-state index in [1.165, 1.54) is 11.1 Å². The first-order valence-corrected chi connectivity index (χ1v) is 22.3. The van der Waals surface area contributed by atoms with Crippen molar-refractivity contribution in [3.05, 3.63) is 201 Å². The van der Waals surface area contributed by atoms with Crippen molar-refractivity contribution in [1.29, 1.82) is 0 Å². The number of rotatable bonds is 8. The molecule has 0 aliphatic heterocycles. The number of alkyl halides is 24. The van der Waals surface area contributed by atoms with Crippen LogP contribution in [-0.2, 0) is 56.0 Å². The lowest BCUT2D eigenvalue weighted by Crippen LogP contribution is -2.75. The number of ketones is 1. The second-order valence-electron chi connectivity index (χ2n) is 17.9. The number of aryl methyl sites for hydroxylation is 2. The van der Waals surface area contributed by atoms with Crippen molar-refractivity contribution in [2.75, 3.05) is 0 Å². The number of hydrogen-bond acceptors (Lipinski definition) is 2. The van der Waals surface area contributed by atoms with Gasteiger partial charge in [-0.25, -0.2) is 4.98 Å². The molecule has 28 heteroatoms. The van der Waals surface area contributed by atoms with Gasteiger partial charge in [0.15, 0.2) is 12.4 Å². The monoisotopic (exact) mass is 1170 g/mol. The van der Waals surface area contributed by atoms with Gasteiger partial charge >= 0.3 is 49.4 Å². The summed E-state index contributed by atoms with van der Waals surface area (Å²) in [5.41, 5.74) is -25.1. The lowest BCUT2D eigenvalue weighted by Gasteiger charge is -2.46. The summed E-state index contributed by atoms with van der Waals surface area (Å²) in [7, 11) is 0. The molecular formula is C52H31BF24N2O. The number of hydrogen-bond donors (Lipinski definition) is 0. The fourth-order valence-corrected chi connectivity index (χ4v) is 8.63. The van der Waals surface area contributed by atoms with Crippen LogP contribution in [0.15, 0.2) is 140 Å². The highest BCUT2D eigenvalue weighted by atomic mass is 19.4. The van der Waals surface area contributed by atoms with Gasteiger partial charge < -0.3 is 0 Å². The average molecular weight is 1170 g/mol. The van der Waals surface area contributed by atoms with Crippen molar-refractivity contribution < 1.29 is 115 Å². The molecule has 6 aromatic carbocycles. The number of nitrogens with zero attached hydrogens (tertiary/aromatic N) is 2. The predicted molar refractivity (Wildman–Crippen MR) is 240 cm³/mol. The lowest BCUT2D eigenvalue weighted by atomic mass is 9.12. The van der Waals surface area contributed by atoms with E-state index >= 15 is 0 Å². The Morgan fingerprint density at radius 3 is 1.00 bits per heavy atom. The first-order valence-electron chi connectivity index (χ1n) is 22.3. The van der Waals surface area contributed by atoms with E-state index in [-0.39, 0.29) is 5.78 Å². The highest BCUT2D eigenvalue weighted by Crippen LogP contribution is 2.41. The number of carbonyl (C=O) groups excluding carboxylic acids is 1. The van der Waals surface area contributed by atoms with E-state index in [0.717, 1.165) is 16.8 Å². The zero-order valence-corrected chi connectivity index (χ0v) is 39.9. The van der Waals surface area contributed by atoms with Crippen LogP contribution in [0.5, 0.6) is 0 Å². The van der Waals surface area contributed by atoms with Gasteiger partial charge in [0, 0.05) is 11.1 Å². The van der Waals surface area contributed by atoms with E-state index < -0.39 is 195 Å². The molecule has 0 N–H and O–H groups in total. The smallest absolute Gasteiger partial charge is 0.287 e. The van der Waals surface area contributed by atoms with Crippen LogP contribution in [0.25, 0.3) is 11.3 Å². The van der Waals surface area contributed by atoms with Gasteiger partial charge in [0.25, 0.3) is 0 Å². The van der Waals surface area contributed by atoms with Crippen LogP contribution < -0.4 is 26.4 Å². The third kappa shape index (κ3) is 14.1. The topological polar surface area (TPSA) is 33.8 Å². The summed E-state index contributed by atoms with van der Waals surface area (Å²) in [5, 5.41) is 0. The Morgan fingerprint density at radius 2 is 0.713 bits per heavy atom. The molecule has 1 aromatic heterocycles. The van der Waals surface area contributed by atoms with Crippen LogP contribution in [-0.4, -0.2) is 16.9 Å². The second-order valence-corrected chi connectivity index (χ2v) is 17.9. The Morgan fingerprint density at radius 1 is 0.412 bits per heavy atom. The quantitative estimate of drug-likeness (QED) is 0.0658. The second kappa shape index (κ2) is 21.5. The first-order chi connectivity index (χ1) is 36.4. The number of aromatic nitrogens is 2. The Bertz CT molecular complexity index is 2970. The summed E-state index contributed by atoms with van der Waals surface area (Å²) in [6, 6.07) is 6.86. The molecule has 0 radical (unpaired) electrons. The van der Waals surface area contributed by atoms with Crippen LogP contribution >= 0.6 is 0 Å². The molecule has 0 aliphatic carbocycles. The van der Waals surface area contributed by atoms with Gasteiger partial charge in [-0.2, -0.15) is 132 Å². The summed E-state index contributed by atoms with van der Waals surface area (Å²) in [6.07, 6.45) is -49.3. The molecule has 7 rings (SSSR count). The Hall–Kier alpha value is -7.55. The van der Waals surface area contributed by atoms with Gasteiger partial charge in [0.05, 0.1) is 50.7 Å². The molecule has 7 aromatic rings. The molecule has 0 fully saturated rings. The lowest BCUT2D eigenvalue weighted by molar-refractivity contribution is -0.683. The standard InChI is InChI=1S/C32H12BF24.C20H19N2O/c34-25(35,36)13-1-14(26(37,38)39)6-21(5-13)33(22-7-15(27(40,41)42)2-16(8-22)28(43,44)45,23-9-17(29(46,47)48)3-18(10-23)30(49,50)51)24-11-19(31(52,53)54)4-20(12-24)32(55,56)57;1-15-8-9-16(2)18(12-15)19-13-22(11-10-21-19)14-20(23)17-6-4-3-5-7-17/h1-12H;3-13H,14H2,1-2H3/q-1;+1. The maximum absolute atomic E-state index is 14.2. The van der Waals surface area contributed by atoms with Crippen molar-refractivity contribution in [2.24, 2.45) is 0 Å². The molecule has 3 nitrogen and oxygen atoms in total. The van der Waals surface area contributed by atoms with E-state index in [4.69, 9.17) is 0 Å². The largest absolute Gasteiger partial charge is 0.416 e. The number of benzene rings is 6. The van der Waals surface area contributed by atoms with E-state index in [9.17, 15) is 110 Å². The van der Waals surface area contributed by atoms with Gasteiger partial charge in [-0.15, -0.1) is 0 Å². The summed E-state index contributed by atoms with van der Waals surface area (Å²) < 4.78 is 343. The van der Waals surface area contributed by atoms with Gasteiger partial charge in [-0.1, -0.05) is 96.6 Å². The third-order valence-electron chi connectivity index (χ3n) is 12.3. The molecule has 0 unspecified atom stereocenters. The van der Waals surface area contributed by atoms with E-state index in [0.29, 0.717) is 6.54 Å². The van der Waals surface area contributed by atoms with E-state index in [1.807, 2.05) is 47.3 Å². The number of carbonyl (C=O) groups is 1. The third-order valence-corrected chi connectivity index (χ3v) is 12.3. The van der Waals surface area contributed by atoms with Gasteiger partial charge in [-0.05, 0) is 49.7 Å². The predicted octanol–water partition coefficient (Wildman–Crippen LogP) is 14.8. The fraction of sp³-hybridized carbons (Fsp3) is 0.212. The number of halogens is 24. The van der Waals surface area contributed by atoms with Gasteiger partial charge in [0.2, 0.25) is 12.3 Å². The fourth-order valence-electron chi connectivity index (χ4n) is 8.63. The molecule has 80 heavy (non-hydrogen) atoms. The highest BCUT2D eigenvalue weighted by Gasteiger charge is 2.47. The Labute approximate surface area is 435 Å². The Balaban J connectivity index is 0.000000370. The van der Waals surface area contributed by atoms with Gasteiger partial charge in [0.1, 0.15) is 11.8 Å². The number of Topliss-reactive ketones (excluding diaryl/α,β-unsaturated/α-hetero) is 1. The molecule has 0 spiro atoms. The minimum absolute atomic E-state index is 0.0914. The molecule has 1 heterocycles. The summed E-state index contributed by atoms with van der Waals surface area (Å²) in [4.78, 5) is 16.8. The maximum Gasteiger partial charge on any atom is 0.416 e. The van der Waals surface area contributed by atoms with Crippen molar-refractivity contribution in [3.63, 3.8) is 0 Å². The normalized spacial score (nSPS) is 13.2. The van der Waals surface area contributed by atoms with Crippen molar-refractivity contribution in [3.8, 4) is 11.3 Å². The van der Waals surface area contributed by atoms with Gasteiger partial charge in [-0.3, -0.25) is 4.79 Å². The molecule has 0 aliphatic rings. The zero-order valence-electron chi connectivity index (χ0n) is 39.9. The average Bonchev–Trinajstić information content (AvgIpc) is 3.47. The molecule has 0 bridgehead atoms. The molecular weight excluding hydrogens is 1140 g/mol. The van der Waals surface area contributed by atoms with Crippen molar-refractivity contribution in [2.45, 2.75) is 69.8 Å². The van der Waals surface area contributed by atoms with Crippen LogP contribution in [0, 0.1) is 13.8 Å². The van der Waals surface area contributed by atoms with Crippen LogP contribution in [0.2, 0.25) is 0 Å². The molecule has 0 saturated carbocycles. The van der Waals surface area contributed by atoms with E-state index in [1.54, 1.807) is 6.20 Å². The minimum atomic E-state index is -6.13. The van der Waals surface area contributed by atoms with Crippen LogP contribution in [0.4, 0.5) is 105 Å². The summed E-state index contributed by atoms with van der Waals surface area (Å²) in [5.74, 6) is 0.0914. The van der Waals surface area contributed by atoms with E-state index in [2.05, 4.69) is 37.0 Å². The highest BCUT2D eigenvalue weighted by molar-refractivity contribution is 7.20. The van der Waals surface area contributed by atoms with Crippen molar-refractivity contribution in [1.82, 2.24) is 4.98 Å². The molecule has 0 atom stereocenters. The molecule has 0 saturated heterocycles.